The van der Waals surface area contributed by atoms with Crippen molar-refractivity contribution < 1.29 is 19.7 Å². The lowest BCUT2D eigenvalue weighted by Crippen LogP contribution is -2.23. The molecule has 2 N–H and O–H groups in total. The van der Waals surface area contributed by atoms with Gasteiger partial charge in [0.05, 0.1) is 25.4 Å². The van der Waals surface area contributed by atoms with Crippen LogP contribution in [0.4, 0.5) is 0 Å². The lowest BCUT2D eigenvalue weighted by molar-refractivity contribution is -0.0139. The van der Waals surface area contributed by atoms with Gasteiger partial charge < -0.3 is 19.7 Å². The molecule has 0 radical (unpaired) electrons. The summed E-state index contributed by atoms with van der Waals surface area (Å²) in [5.41, 5.74) is 0. The zero-order valence-electron chi connectivity index (χ0n) is 20.4. The van der Waals surface area contributed by atoms with E-state index < -0.39 is 6.10 Å². The first-order chi connectivity index (χ1) is 14.7. The summed E-state index contributed by atoms with van der Waals surface area (Å²) in [5.74, 6) is 0. The van der Waals surface area contributed by atoms with Crippen LogP contribution in [0, 0.1) is 0 Å². The van der Waals surface area contributed by atoms with Crippen LogP contribution < -0.4 is 0 Å². The van der Waals surface area contributed by atoms with Gasteiger partial charge in [0.15, 0.2) is 0 Å². The van der Waals surface area contributed by atoms with Crippen LogP contribution in [0.5, 0.6) is 0 Å². The highest BCUT2D eigenvalue weighted by Crippen LogP contribution is 2.13. The van der Waals surface area contributed by atoms with E-state index in [0.29, 0.717) is 32.7 Å². The van der Waals surface area contributed by atoms with Crippen LogP contribution in [-0.4, -0.2) is 48.8 Å². The first kappa shape index (κ1) is 29.8. The fourth-order valence-corrected chi connectivity index (χ4v) is 3.70. The van der Waals surface area contributed by atoms with Crippen molar-refractivity contribution in [1.29, 1.82) is 0 Å². The zero-order valence-corrected chi connectivity index (χ0v) is 20.4. The van der Waals surface area contributed by atoms with Crippen molar-refractivity contribution in [3.05, 3.63) is 0 Å². The summed E-state index contributed by atoms with van der Waals surface area (Å²) in [6.45, 7) is 6.25. The van der Waals surface area contributed by atoms with Crippen LogP contribution >= 0.6 is 0 Å². The van der Waals surface area contributed by atoms with Crippen LogP contribution in [0.2, 0.25) is 0 Å². The summed E-state index contributed by atoms with van der Waals surface area (Å²) in [6.07, 6.45) is 21.8. The maximum Gasteiger partial charge on any atom is 0.0806 e. The van der Waals surface area contributed by atoms with Gasteiger partial charge in [-0.05, 0) is 25.7 Å². The van der Waals surface area contributed by atoms with Crippen molar-refractivity contribution in [2.24, 2.45) is 0 Å². The predicted molar refractivity (Wildman–Crippen MR) is 128 cm³/mol. The molecule has 0 bridgehead atoms. The second-order valence-corrected chi connectivity index (χ2v) is 8.93. The Balaban J connectivity index is 3.35. The molecule has 182 valence electrons. The molecule has 0 saturated heterocycles. The second kappa shape index (κ2) is 25.1. The van der Waals surface area contributed by atoms with Crippen molar-refractivity contribution in [2.75, 3.05) is 26.4 Å². The fourth-order valence-electron chi connectivity index (χ4n) is 3.70. The molecule has 0 aromatic carbocycles. The van der Waals surface area contributed by atoms with Crippen LogP contribution in [0.3, 0.4) is 0 Å². The smallest absolute Gasteiger partial charge is 0.0806 e. The SMILES string of the molecule is CCCCCCCCCCCCCCCCOC(CO)CCC(O)COCCCC. The van der Waals surface area contributed by atoms with Crippen molar-refractivity contribution in [1.82, 2.24) is 0 Å². The molecule has 0 aliphatic carbocycles. The summed E-state index contributed by atoms with van der Waals surface area (Å²) in [5, 5.41) is 19.4. The zero-order chi connectivity index (χ0) is 22.1. The molecule has 0 rings (SSSR count). The number of unbranched alkanes of at least 4 members (excludes halogenated alkanes) is 14. The van der Waals surface area contributed by atoms with E-state index in [-0.39, 0.29) is 12.7 Å². The number of hydrogen-bond donors (Lipinski definition) is 2. The normalized spacial score (nSPS) is 13.6. The van der Waals surface area contributed by atoms with E-state index in [2.05, 4.69) is 13.8 Å². The Morgan fingerprint density at radius 2 is 1.10 bits per heavy atom. The number of aliphatic hydroxyl groups is 2. The molecule has 2 atom stereocenters. The van der Waals surface area contributed by atoms with Crippen molar-refractivity contribution in [3.63, 3.8) is 0 Å². The third kappa shape index (κ3) is 22.5. The molecule has 0 saturated carbocycles. The third-order valence-electron chi connectivity index (χ3n) is 5.83. The number of rotatable bonds is 25. The molecule has 0 aromatic rings. The topological polar surface area (TPSA) is 58.9 Å². The van der Waals surface area contributed by atoms with E-state index in [0.717, 1.165) is 19.3 Å². The standard InChI is InChI=1S/C26H54O4/c1-3-5-7-8-9-10-11-12-13-14-15-16-17-18-22-30-26(23-27)20-19-25(28)24-29-21-6-4-2/h25-28H,3-24H2,1-2H3. The van der Waals surface area contributed by atoms with Gasteiger partial charge in [-0.15, -0.1) is 0 Å². The Kier molecular flexibility index (Phi) is 25.0. The molecule has 0 heterocycles. The van der Waals surface area contributed by atoms with E-state index >= 15 is 0 Å². The Morgan fingerprint density at radius 3 is 1.60 bits per heavy atom. The van der Waals surface area contributed by atoms with E-state index in [1.165, 1.54) is 83.5 Å². The Hall–Kier alpha value is -0.160. The molecule has 0 aliphatic rings. The minimum atomic E-state index is -0.458. The predicted octanol–water partition coefficient (Wildman–Crippen LogP) is 6.80. The van der Waals surface area contributed by atoms with E-state index in [4.69, 9.17) is 9.47 Å². The second-order valence-electron chi connectivity index (χ2n) is 8.93. The van der Waals surface area contributed by atoms with Gasteiger partial charge in [0.1, 0.15) is 0 Å². The van der Waals surface area contributed by atoms with Gasteiger partial charge >= 0.3 is 0 Å². The van der Waals surface area contributed by atoms with E-state index in [1.807, 2.05) is 0 Å². The van der Waals surface area contributed by atoms with E-state index in [9.17, 15) is 10.2 Å². The monoisotopic (exact) mass is 430 g/mol. The highest BCUT2D eigenvalue weighted by atomic mass is 16.5. The molecular formula is C26H54O4. The third-order valence-corrected chi connectivity index (χ3v) is 5.83. The maximum atomic E-state index is 9.93. The molecule has 2 unspecified atom stereocenters. The average molecular weight is 431 g/mol. The lowest BCUT2D eigenvalue weighted by atomic mass is 10.0. The van der Waals surface area contributed by atoms with Crippen molar-refractivity contribution >= 4 is 0 Å². The molecule has 0 fully saturated rings. The molecule has 0 amide bonds. The summed E-state index contributed by atoms with van der Waals surface area (Å²) in [7, 11) is 0. The van der Waals surface area contributed by atoms with Gasteiger partial charge in [-0.1, -0.05) is 104 Å². The largest absolute Gasteiger partial charge is 0.394 e. The molecule has 0 spiro atoms. The van der Waals surface area contributed by atoms with Crippen LogP contribution in [-0.2, 0) is 9.47 Å². The lowest BCUT2D eigenvalue weighted by Gasteiger charge is -2.17. The highest BCUT2D eigenvalue weighted by molar-refractivity contribution is 4.62. The number of aliphatic hydroxyl groups excluding tert-OH is 2. The Bertz CT molecular complexity index is 311. The van der Waals surface area contributed by atoms with Crippen molar-refractivity contribution in [2.45, 2.75) is 142 Å². The van der Waals surface area contributed by atoms with Crippen molar-refractivity contribution in [3.8, 4) is 0 Å². The quantitative estimate of drug-likeness (QED) is 0.156. The summed E-state index contributed by atoms with van der Waals surface area (Å²) in [6, 6.07) is 0. The summed E-state index contributed by atoms with van der Waals surface area (Å²) in [4.78, 5) is 0. The summed E-state index contributed by atoms with van der Waals surface area (Å²) < 4.78 is 11.2. The first-order valence-electron chi connectivity index (χ1n) is 13.2. The van der Waals surface area contributed by atoms with Gasteiger partial charge in [0.25, 0.3) is 0 Å². The number of ether oxygens (including phenoxy) is 2. The van der Waals surface area contributed by atoms with Crippen LogP contribution in [0.1, 0.15) is 129 Å². The molecule has 4 nitrogen and oxygen atoms in total. The molecule has 0 aromatic heterocycles. The molecular weight excluding hydrogens is 376 g/mol. The van der Waals surface area contributed by atoms with Gasteiger partial charge in [-0.2, -0.15) is 0 Å². The minimum Gasteiger partial charge on any atom is -0.394 e. The first-order valence-corrected chi connectivity index (χ1v) is 13.2. The summed E-state index contributed by atoms with van der Waals surface area (Å²) >= 11 is 0. The fraction of sp³-hybridized carbons (Fsp3) is 1.00. The minimum absolute atomic E-state index is 0.0298. The Morgan fingerprint density at radius 1 is 0.600 bits per heavy atom. The number of hydrogen-bond acceptors (Lipinski definition) is 4. The molecule has 4 heteroatoms. The van der Waals surface area contributed by atoms with Crippen LogP contribution in [0.25, 0.3) is 0 Å². The Labute approximate surface area is 188 Å². The van der Waals surface area contributed by atoms with Gasteiger partial charge in [-0.25, -0.2) is 0 Å². The molecule has 30 heavy (non-hydrogen) atoms. The van der Waals surface area contributed by atoms with E-state index in [1.54, 1.807) is 0 Å². The van der Waals surface area contributed by atoms with Gasteiger partial charge in [0, 0.05) is 13.2 Å². The average Bonchev–Trinajstić information content (AvgIpc) is 2.76. The van der Waals surface area contributed by atoms with Gasteiger partial charge in [-0.3, -0.25) is 0 Å². The highest BCUT2D eigenvalue weighted by Gasteiger charge is 2.12. The maximum absolute atomic E-state index is 9.93. The molecule has 0 aliphatic heterocycles. The van der Waals surface area contributed by atoms with Gasteiger partial charge in [0.2, 0.25) is 0 Å². The van der Waals surface area contributed by atoms with Crippen LogP contribution in [0.15, 0.2) is 0 Å².